The van der Waals surface area contributed by atoms with Crippen LogP contribution in [0, 0.1) is 17.1 Å². The SMILES string of the molecule is CCOC(=O)Nc1ccc(F)c([C@](C)(Cn2cc(Cl)nc2C#N)NC(=O)OC(C)(C)C)c1. The van der Waals surface area contributed by atoms with Gasteiger partial charge in [0.25, 0.3) is 0 Å². The van der Waals surface area contributed by atoms with Crippen molar-refractivity contribution in [2.24, 2.45) is 0 Å². The van der Waals surface area contributed by atoms with Crippen LogP contribution in [-0.2, 0) is 21.6 Å². The molecule has 172 valence electrons. The summed E-state index contributed by atoms with van der Waals surface area (Å²) in [5.74, 6) is -0.670. The van der Waals surface area contributed by atoms with Gasteiger partial charge in [0.2, 0.25) is 5.82 Å². The van der Waals surface area contributed by atoms with Gasteiger partial charge in [-0.3, -0.25) is 5.32 Å². The maximum atomic E-state index is 15.0. The van der Waals surface area contributed by atoms with E-state index in [9.17, 15) is 19.2 Å². The molecule has 0 fully saturated rings. The summed E-state index contributed by atoms with van der Waals surface area (Å²) in [6.45, 7) is 8.34. The molecule has 1 heterocycles. The Morgan fingerprint density at radius 3 is 2.56 bits per heavy atom. The molecule has 0 saturated heterocycles. The van der Waals surface area contributed by atoms with Crippen molar-refractivity contribution in [1.82, 2.24) is 14.9 Å². The van der Waals surface area contributed by atoms with Crippen LogP contribution in [0.15, 0.2) is 24.4 Å². The third-order valence-electron chi connectivity index (χ3n) is 4.19. The number of hydrogen-bond donors (Lipinski definition) is 2. The first-order valence-electron chi connectivity index (χ1n) is 9.74. The van der Waals surface area contributed by atoms with Crippen LogP contribution in [0.25, 0.3) is 0 Å². The first-order valence-corrected chi connectivity index (χ1v) is 10.1. The predicted octanol–water partition coefficient (Wildman–Crippen LogP) is 4.56. The summed E-state index contributed by atoms with van der Waals surface area (Å²) >= 11 is 5.92. The van der Waals surface area contributed by atoms with E-state index in [-0.39, 0.29) is 35.4 Å². The first kappa shape index (κ1) is 24.9. The molecule has 0 radical (unpaired) electrons. The van der Waals surface area contributed by atoms with E-state index in [1.54, 1.807) is 34.6 Å². The first-order chi connectivity index (χ1) is 14.9. The maximum absolute atomic E-state index is 15.0. The summed E-state index contributed by atoms with van der Waals surface area (Å²) in [5.41, 5.74) is -1.94. The topological polar surface area (TPSA) is 118 Å². The molecule has 1 aromatic carbocycles. The fourth-order valence-electron chi connectivity index (χ4n) is 2.97. The lowest BCUT2D eigenvalue weighted by Gasteiger charge is -2.33. The molecule has 0 aliphatic carbocycles. The second-order valence-corrected chi connectivity index (χ2v) is 8.51. The Bertz CT molecular complexity index is 1040. The van der Waals surface area contributed by atoms with Crippen molar-refractivity contribution in [3.8, 4) is 6.07 Å². The molecule has 2 aromatic rings. The number of imidazole rings is 1. The maximum Gasteiger partial charge on any atom is 0.411 e. The van der Waals surface area contributed by atoms with Gasteiger partial charge in [-0.1, -0.05) is 11.6 Å². The average molecular weight is 466 g/mol. The normalized spacial score (nSPS) is 12.9. The molecule has 2 amide bonds. The van der Waals surface area contributed by atoms with Crippen molar-refractivity contribution in [1.29, 1.82) is 5.26 Å². The van der Waals surface area contributed by atoms with Gasteiger partial charge in [0, 0.05) is 17.4 Å². The predicted molar refractivity (Wildman–Crippen MR) is 116 cm³/mol. The lowest BCUT2D eigenvalue weighted by molar-refractivity contribution is 0.0448. The van der Waals surface area contributed by atoms with Gasteiger partial charge < -0.3 is 19.4 Å². The molecule has 2 rings (SSSR count). The number of carbonyl (C=O) groups excluding carboxylic acids is 2. The van der Waals surface area contributed by atoms with Crippen molar-refractivity contribution in [3.63, 3.8) is 0 Å². The standard InChI is InChI=1S/C21H25ClFN5O4/c1-6-31-18(29)25-13-7-8-15(23)14(9-13)21(5,27-19(30)32-20(2,3)4)12-28-11-16(22)26-17(28)10-24/h7-9,11H,6,12H2,1-5H3,(H,25,29)(H,27,30)/t21-/m0/s1. The van der Waals surface area contributed by atoms with Crippen LogP contribution >= 0.6 is 11.6 Å². The molecule has 0 unspecified atom stereocenters. The van der Waals surface area contributed by atoms with Crippen LogP contribution in [0.2, 0.25) is 5.15 Å². The smallest absolute Gasteiger partial charge is 0.411 e. The zero-order valence-electron chi connectivity index (χ0n) is 18.5. The number of rotatable bonds is 6. The van der Waals surface area contributed by atoms with Gasteiger partial charge in [0.1, 0.15) is 22.6 Å². The van der Waals surface area contributed by atoms with Gasteiger partial charge in [-0.05, 0) is 52.8 Å². The number of nitrogens with zero attached hydrogens (tertiary/aromatic N) is 3. The van der Waals surface area contributed by atoms with Crippen molar-refractivity contribution < 1.29 is 23.5 Å². The molecular weight excluding hydrogens is 441 g/mol. The van der Waals surface area contributed by atoms with Crippen LogP contribution in [0.1, 0.15) is 46.0 Å². The number of aromatic nitrogens is 2. The molecule has 9 nitrogen and oxygen atoms in total. The number of carbonyl (C=O) groups is 2. The number of hydrogen-bond acceptors (Lipinski definition) is 6. The van der Waals surface area contributed by atoms with E-state index in [1.807, 2.05) is 6.07 Å². The summed E-state index contributed by atoms with van der Waals surface area (Å²) in [4.78, 5) is 28.3. The lowest BCUT2D eigenvalue weighted by Crippen LogP contribution is -2.49. The second-order valence-electron chi connectivity index (χ2n) is 8.13. The Kier molecular flexibility index (Phi) is 7.69. The number of anilines is 1. The summed E-state index contributed by atoms with van der Waals surface area (Å²) < 4.78 is 26.6. The van der Waals surface area contributed by atoms with E-state index in [4.69, 9.17) is 21.1 Å². The summed E-state index contributed by atoms with van der Waals surface area (Å²) in [7, 11) is 0. The zero-order chi connectivity index (χ0) is 24.1. The zero-order valence-corrected chi connectivity index (χ0v) is 19.2. The summed E-state index contributed by atoms with van der Waals surface area (Å²) in [6.07, 6.45) is -0.110. The largest absolute Gasteiger partial charge is 0.450 e. The Morgan fingerprint density at radius 2 is 1.97 bits per heavy atom. The highest BCUT2D eigenvalue weighted by atomic mass is 35.5. The minimum Gasteiger partial charge on any atom is -0.450 e. The highest BCUT2D eigenvalue weighted by molar-refractivity contribution is 6.29. The third kappa shape index (κ3) is 6.59. The van der Waals surface area contributed by atoms with Gasteiger partial charge in [-0.15, -0.1) is 0 Å². The van der Waals surface area contributed by atoms with E-state index < -0.39 is 29.1 Å². The van der Waals surface area contributed by atoms with E-state index in [1.165, 1.54) is 22.9 Å². The Morgan fingerprint density at radius 1 is 1.28 bits per heavy atom. The molecule has 1 atom stereocenters. The second kappa shape index (κ2) is 9.87. The molecule has 32 heavy (non-hydrogen) atoms. The van der Waals surface area contributed by atoms with Gasteiger partial charge >= 0.3 is 12.2 Å². The monoisotopic (exact) mass is 465 g/mol. The lowest BCUT2D eigenvalue weighted by atomic mass is 9.90. The van der Waals surface area contributed by atoms with Gasteiger partial charge in [-0.25, -0.2) is 19.0 Å². The molecule has 0 aliphatic heterocycles. The minimum absolute atomic E-state index is 0.0200. The van der Waals surface area contributed by atoms with Crippen LogP contribution in [0.3, 0.4) is 0 Å². The average Bonchev–Trinajstić information content (AvgIpc) is 3.00. The number of benzene rings is 1. The number of amides is 2. The van der Waals surface area contributed by atoms with Gasteiger partial charge in [0.05, 0.1) is 18.7 Å². The fraction of sp³-hybridized carbons (Fsp3) is 0.429. The van der Waals surface area contributed by atoms with Crippen LogP contribution in [0.4, 0.5) is 19.7 Å². The molecule has 0 saturated carbocycles. The molecule has 11 heteroatoms. The summed E-state index contributed by atoms with van der Waals surface area (Å²) in [5, 5.41) is 14.6. The van der Waals surface area contributed by atoms with Crippen LogP contribution in [-0.4, -0.2) is 33.9 Å². The molecule has 0 spiro atoms. The molecular formula is C21H25ClFN5O4. The van der Waals surface area contributed by atoms with Crippen molar-refractivity contribution in [2.75, 3.05) is 11.9 Å². The third-order valence-corrected chi connectivity index (χ3v) is 4.38. The van der Waals surface area contributed by atoms with Crippen molar-refractivity contribution >= 4 is 29.5 Å². The molecule has 0 bridgehead atoms. The highest BCUT2D eigenvalue weighted by Gasteiger charge is 2.35. The van der Waals surface area contributed by atoms with E-state index in [0.29, 0.717) is 0 Å². The number of nitrogens with one attached hydrogen (secondary N) is 2. The highest BCUT2D eigenvalue weighted by Crippen LogP contribution is 2.30. The van der Waals surface area contributed by atoms with Gasteiger partial charge in [-0.2, -0.15) is 5.26 Å². The molecule has 0 aliphatic rings. The minimum atomic E-state index is -1.42. The van der Waals surface area contributed by atoms with Gasteiger partial charge in [0.15, 0.2) is 0 Å². The van der Waals surface area contributed by atoms with E-state index in [2.05, 4.69) is 15.6 Å². The van der Waals surface area contributed by atoms with E-state index >= 15 is 0 Å². The number of ether oxygens (including phenoxy) is 2. The van der Waals surface area contributed by atoms with Crippen molar-refractivity contribution in [3.05, 3.63) is 46.8 Å². The number of alkyl carbamates (subject to hydrolysis) is 1. The van der Waals surface area contributed by atoms with Crippen LogP contribution in [0.5, 0.6) is 0 Å². The molecule has 2 N–H and O–H groups in total. The fourth-order valence-corrected chi connectivity index (χ4v) is 3.16. The Labute approximate surface area is 190 Å². The van der Waals surface area contributed by atoms with Crippen molar-refractivity contribution in [2.45, 2.75) is 52.3 Å². The number of halogens is 2. The van der Waals surface area contributed by atoms with E-state index in [0.717, 1.165) is 6.07 Å². The Hall–Kier alpha value is -3.32. The number of nitriles is 1. The molecule has 1 aromatic heterocycles. The van der Waals surface area contributed by atoms with Crippen LogP contribution < -0.4 is 10.6 Å². The summed E-state index contributed by atoms with van der Waals surface area (Å²) in [6, 6.07) is 5.78. The Balaban J connectivity index is 2.51. The quantitative estimate of drug-likeness (QED) is 0.645.